The molecule has 0 saturated heterocycles. The van der Waals surface area contributed by atoms with Crippen LogP contribution in [0.15, 0.2) is 40.9 Å². The van der Waals surface area contributed by atoms with Gasteiger partial charge in [0.05, 0.1) is 10.1 Å². The zero-order valence-electron chi connectivity index (χ0n) is 11.1. The minimum atomic E-state index is -1.35. The molecule has 21 heavy (non-hydrogen) atoms. The first kappa shape index (κ1) is 14.6. The number of aliphatic hydroxyl groups is 1. The molecule has 1 aliphatic rings. The van der Waals surface area contributed by atoms with Crippen LogP contribution < -0.4 is 5.73 Å². The monoisotopic (exact) mass is 353 g/mol. The normalized spacial score (nSPS) is 24.1. The third-order valence-corrected chi connectivity index (χ3v) is 4.64. The third kappa shape index (κ3) is 2.39. The van der Waals surface area contributed by atoms with E-state index in [2.05, 4.69) is 15.9 Å². The van der Waals surface area contributed by atoms with E-state index < -0.39 is 17.2 Å². The van der Waals surface area contributed by atoms with Crippen molar-refractivity contribution >= 4 is 15.9 Å². The fourth-order valence-electron chi connectivity index (χ4n) is 3.02. The molecule has 0 saturated carbocycles. The summed E-state index contributed by atoms with van der Waals surface area (Å²) < 4.78 is 28.2. The minimum Gasteiger partial charge on any atom is -0.385 e. The molecule has 2 unspecified atom stereocenters. The Kier molecular flexibility index (Phi) is 3.59. The first-order chi connectivity index (χ1) is 9.92. The highest BCUT2D eigenvalue weighted by molar-refractivity contribution is 9.10. The average Bonchev–Trinajstić information content (AvgIpc) is 2.72. The average molecular weight is 354 g/mol. The molecule has 0 fully saturated rings. The van der Waals surface area contributed by atoms with Crippen LogP contribution in [0, 0.1) is 11.6 Å². The molecule has 0 radical (unpaired) electrons. The van der Waals surface area contributed by atoms with E-state index >= 15 is 0 Å². The second kappa shape index (κ2) is 5.16. The van der Waals surface area contributed by atoms with Crippen LogP contribution >= 0.6 is 15.9 Å². The van der Waals surface area contributed by atoms with Crippen LogP contribution in [0.5, 0.6) is 0 Å². The maximum atomic E-state index is 14.1. The lowest BCUT2D eigenvalue weighted by Gasteiger charge is -2.25. The molecule has 0 spiro atoms. The molecule has 5 heteroatoms. The van der Waals surface area contributed by atoms with Gasteiger partial charge in [-0.3, -0.25) is 0 Å². The van der Waals surface area contributed by atoms with Gasteiger partial charge in [-0.2, -0.15) is 0 Å². The Bertz CT molecular complexity index is 707. The van der Waals surface area contributed by atoms with Gasteiger partial charge in [0.2, 0.25) is 0 Å². The number of rotatable bonds is 2. The molecule has 3 rings (SSSR count). The van der Waals surface area contributed by atoms with Crippen LogP contribution in [0.2, 0.25) is 0 Å². The lowest BCUT2D eigenvalue weighted by Crippen LogP contribution is -2.27. The van der Waals surface area contributed by atoms with Crippen molar-refractivity contribution in [2.45, 2.75) is 24.5 Å². The van der Waals surface area contributed by atoms with Gasteiger partial charge in [-0.05, 0) is 45.6 Å². The molecule has 0 aliphatic heterocycles. The van der Waals surface area contributed by atoms with Gasteiger partial charge in [0.1, 0.15) is 11.6 Å². The van der Waals surface area contributed by atoms with Crippen molar-refractivity contribution < 1.29 is 13.9 Å². The van der Waals surface area contributed by atoms with Crippen LogP contribution in [-0.2, 0) is 12.0 Å². The standard InChI is InChI=1S/C16H14BrF2NO/c17-12-5-6-13(18)10(15(12)19)7-16(21)8-14(20)9-3-1-2-4-11(9)16/h1-6,14,21H,7-8,20H2. The summed E-state index contributed by atoms with van der Waals surface area (Å²) in [7, 11) is 0. The maximum absolute atomic E-state index is 14.1. The molecule has 1 aliphatic carbocycles. The lowest BCUT2D eigenvalue weighted by atomic mass is 9.88. The van der Waals surface area contributed by atoms with Crippen molar-refractivity contribution in [2.24, 2.45) is 5.73 Å². The molecule has 0 aromatic heterocycles. The first-order valence-electron chi connectivity index (χ1n) is 6.62. The largest absolute Gasteiger partial charge is 0.385 e. The van der Waals surface area contributed by atoms with Gasteiger partial charge in [-0.1, -0.05) is 24.3 Å². The SMILES string of the molecule is NC1CC(O)(Cc2c(F)ccc(Br)c2F)c2ccccc21. The van der Waals surface area contributed by atoms with Crippen molar-refractivity contribution in [3.05, 3.63) is 69.2 Å². The van der Waals surface area contributed by atoms with Crippen molar-refractivity contribution in [1.82, 2.24) is 0 Å². The van der Waals surface area contributed by atoms with Crippen LogP contribution in [0.1, 0.15) is 29.2 Å². The zero-order valence-corrected chi connectivity index (χ0v) is 12.7. The minimum absolute atomic E-state index is 0.129. The first-order valence-corrected chi connectivity index (χ1v) is 7.41. The van der Waals surface area contributed by atoms with Crippen molar-refractivity contribution in [2.75, 3.05) is 0 Å². The Labute approximate surface area is 129 Å². The van der Waals surface area contributed by atoms with E-state index in [-0.39, 0.29) is 28.9 Å². The van der Waals surface area contributed by atoms with Gasteiger partial charge < -0.3 is 10.8 Å². The predicted octanol–water partition coefficient (Wildman–Crippen LogP) is 3.56. The number of hydrogen-bond donors (Lipinski definition) is 2. The molecule has 3 N–H and O–H groups in total. The van der Waals surface area contributed by atoms with Crippen molar-refractivity contribution in [3.8, 4) is 0 Å². The Morgan fingerprint density at radius 2 is 1.95 bits per heavy atom. The Morgan fingerprint density at radius 1 is 1.24 bits per heavy atom. The Balaban J connectivity index is 2.05. The van der Waals surface area contributed by atoms with Gasteiger partial charge in [0.15, 0.2) is 0 Å². The van der Waals surface area contributed by atoms with Crippen LogP contribution in [0.4, 0.5) is 8.78 Å². The molecule has 2 aromatic carbocycles. The van der Waals surface area contributed by atoms with E-state index in [1.807, 2.05) is 12.1 Å². The van der Waals surface area contributed by atoms with E-state index in [4.69, 9.17) is 5.73 Å². The van der Waals surface area contributed by atoms with E-state index in [9.17, 15) is 13.9 Å². The number of fused-ring (bicyclic) bond motifs is 1. The van der Waals surface area contributed by atoms with Crippen LogP contribution in [0.25, 0.3) is 0 Å². The molecule has 0 bridgehead atoms. The van der Waals surface area contributed by atoms with Crippen molar-refractivity contribution in [1.29, 1.82) is 0 Å². The molecule has 2 atom stereocenters. The summed E-state index contributed by atoms with van der Waals surface area (Å²) in [5.41, 5.74) is 6.03. The number of benzene rings is 2. The fourth-order valence-corrected chi connectivity index (χ4v) is 3.39. The highest BCUT2D eigenvalue weighted by atomic mass is 79.9. The summed E-state index contributed by atoms with van der Waals surface area (Å²) in [4.78, 5) is 0. The van der Waals surface area contributed by atoms with Gasteiger partial charge >= 0.3 is 0 Å². The summed E-state index contributed by atoms with van der Waals surface area (Å²) >= 11 is 3.04. The molecule has 110 valence electrons. The number of halogens is 3. The van der Waals surface area contributed by atoms with Crippen LogP contribution in [0.3, 0.4) is 0 Å². The summed E-state index contributed by atoms with van der Waals surface area (Å²) in [5, 5.41) is 10.9. The Morgan fingerprint density at radius 3 is 2.71 bits per heavy atom. The smallest absolute Gasteiger partial charge is 0.143 e. The van der Waals surface area contributed by atoms with Gasteiger partial charge in [0.25, 0.3) is 0 Å². The summed E-state index contributed by atoms with van der Waals surface area (Å²) in [5.74, 6) is -1.34. The summed E-state index contributed by atoms with van der Waals surface area (Å²) in [6.07, 6.45) is 0.104. The van der Waals surface area contributed by atoms with Crippen molar-refractivity contribution in [3.63, 3.8) is 0 Å². The summed E-state index contributed by atoms with van der Waals surface area (Å²) in [6, 6.07) is 9.39. The van der Waals surface area contributed by atoms with Crippen LogP contribution in [-0.4, -0.2) is 5.11 Å². The Hall–Kier alpha value is -1.30. The number of hydrogen-bond acceptors (Lipinski definition) is 2. The second-order valence-corrected chi connectivity index (χ2v) is 6.28. The second-order valence-electron chi connectivity index (χ2n) is 5.43. The van der Waals surface area contributed by atoms with Gasteiger partial charge in [0, 0.05) is 18.0 Å². The fraction of sp³-hybridized carbons (Fsp3) is 0.250. The number of nitrogens with two attached hydrogens (primary N) is 1. The molecular formula is C16H14BrF2NO. The lowest BCUT2D eigenvalue weighted by molar-refractivity contribution is 0.0324. The van der Waals surface area contributed by atoms with E-state index in [0.717, 1.165) is 5.56 Å². The van der Waals surface area contributed by atoms with Gasteiger partial charge in [-0.25, -0.2) is 8.78 Å². The molecule has 0 amide bonds. The van der Waals surface area contributed by atoms with E-state index in [0.29, 0.717) is 5.56 Å². The predicted molar refractivity (Wildman–Crippen MR) is 79.6 cm³/mol. The highest BCUT2D eigenvalue weighted by Gasteiger charge is 2.42. The molecule has 2 aromatic rings. The molecule has 0 heterocycles. The topological polar surface area (TPSA) is 46.2 Å². The van der Waals surface area contributed by atoms with E-state index in [1.54, 1.807) is 12.1 Å². The molecular weight excluding hydrogens is 340 g/mol. The quantitative estimate of drug-likeness (QED) is 0.811. The van der Waals surface area contributed by atoms with Gasteiger partial charge in [-0.15, -0.1) is 0 Å². The van der Waals surface area contributed by atoms with E-state index in [1.165, 1.54) is 12.1 Å². The third-order valence-electron chi connectivity index (χ3n) is 4.03. The summed E-state index contributed by atoms with van der Waals surface area (Å²) in [6.45, 7) is 0. The highest BCUT2D eigenvalue weighted by Crippen LogP contribution is 2.44. The molecule has 2 nitrogen and oxygen atoms in total. The zero-order chi connectivity index (χ0) is 15.2. The maximum Gasteiger partial charge on any atom is 0.143 e.